The van der Waals surface area contributed by atoms with E-state index in [-0.39, 0.29) is 16.9 Å². The van der Waals surface area contributed by atoms with Gasteiger partial charge >= 0.3 is 0 Å². The van der Waals surface area contributed by atoms with Gasteiger partial charge in [0, 0.05) is 11.4 Å². The molecule has 0 fully saturated rings. The van der Waals surface area contributed by atoms with Gasteiger partial charge in [-0.1, -0.05) is 71.8 Å². The Hall–Kier alpha value is -3.49. The van der Waals surface area contributed by atoms with Crippen LogP contribution in [-0.4, -0.2) is 28.9 Å². The number of aryl methyl sites for hydroxylation is 1. The fourth-order valence-electron chi connectivity index (χ4n) is 3.73. The second-order valence-electron chi connectivity index (χ2n) is 7.79. The topological polar surface area (TPSA) is 89.2 Å². The van der Waals surface area contributed by atoms with Gasteiger partial charge in [-0.05, 0) is 42.3 Å². The third kappa shape index (κ3) is 4.40. The van der Waals surface area contributed by atoms with Crippen LogP contribution in [0.3, 0.4) is 0 Å². The van der Waals surface area contributed by atoms with E-state index in [0.717, 1.165) is 22.4 Å². The van der Waals surface area contributed by atoms with E-state index in [2.05, 4.69) is 14.8 Å². The summed E-state index contributed by atoms with van der Waals surface area (Å²) in [4.78, 5) is 9.22. The lowest BCUT2D eigenvalue weighted by atomic mass is 9.95. The first kappa shape index (κ1) is 21.4. The Bertz CT molecular complexity index is 1430. The van der Waals surface area contributed by atoms with Gasteiger partial charge in [0.05, 0.1) is 16.6 Å². The fourth-order valence-corrected chi connectivity index (χ4v) is 4.82. The molecule has 3 aromatic carbocycles. The second-order valence-corrected chi connectivity index (χ2v) is 9.91. The molecule has 1 aromatic heterocycles. The molecular weight excluding hydrogens is 458 g/mol. The third-order valence-corrected chi connectivity index (χ3v) is 7.04. The zero-order valence-electron chi connectivity index (χ0n) is 17.7. The van der Waals surface area contributed by atoms with Crippen LogP contribution in [0.25, 0.3) is 0 Å². The minimum atomic E-state index is -3.82. The van der Waals surface area contributed by atoms with Gasteiger partial charge in [-0.2, -0.15) is 4.98 Å². The van der Waals surface area contributed by atoms with Gasteiger partial charge in [0.1, 0.15) is 0 Å². The lowest BCUT2D eigenvalue weighted by molar-refractivity contribution is 0.532. The van der Waals surface area contributed by atoms with Crippen LogP contribution in [0.4, 0.5) is 11.9 Å². The molecule has 33 heavy (non-hydrogen) atoms. The summed E-state index contributed by atoms with van der Waals surface area (Å²) in [7, 11) is -3.82. The van der Waals surface area contributed by atoms with Gasteiger partial charge < -0.3 is 0 Å². The Morgan fingerprint density at radius 2 is 1.67 bits per heavy atom. The summed E-state index contributed by atoms with van der Waals surface area (Å²) in [6.07, 6.45) is 0.575. The average Bonchev–Trinajstić information content (AvgIpc) is 3.22. The lowest BCUT2D eigenvalue weighted by Crippen LogP contribution is -2.21. The summed E-state index contributed by atoms with van der Waals surface area (Å²) in [5, 5.41) is 5.12. The average molecular weight is 478 g/mol. The number of nitrogens with zero attached hydrogens (tertiary/aromatic N) is 4. The highest BCUT2D eigenvalue weighted by Gasteiger charge is 2.29. The highest BCUT2D eigenvalue weighted by molar-refractivity contribution is 7.92. The van der Waals surface area contributed by atoms with Crippen LogP contribution in [0.5, 0.6) is 0 Å². The van der Waals surface area contributed by atoms with Crippen molar-refractivity contribution in [3.63, 3.8) is 0 Å². The Morgan fingerprint density at radius 1 is 0.970 bits per heavy atom. The Kier molecular flexibility index (Phi) is 5.47. The molecule has 0 saturated carbocycles. The minimum Gasteiger partial charge on any atom is -0.246 e. The molecule has 0 saturated heterocycles. The van der Waals surface area contributed by atoms with Crippen LogP contribution in [-0.2, 0) is 10.0 Å². The first-order valence-electron chi connectivity index (χ1n) is 10.3. The molecule has 0 spiro atoms. The predicted octanol–water partition coefficient (Wildman–Crippen LogP) is 5.15. The van der Waals surface area contributed by atoms with E-state index in [1.807, 2.05) is 55.5 Å². The molecule has 0 bridgehead atoms. The van der Waals surface area contributed by atoms with Crippen LogP contribution >= 0.6 is 11.6 Å². The molecule has 0 radical (unpaired) electrons. The van der Waals surface area contributed by atoms with Crippen LogP contribution < -0.4 is 4.72 Å². The summed E-state index contributed by atoms with van der Waals surface area (Å²) < 4.78 is 29.7. The van der Waals surface area contributed by atoms with Crippen LogP contribution in [0, 0.1) is 6.92 Å². The standard InChI is InChI=1S/C24H20ClN5O2S/c1-16-7-9-18(10-8-16)22-15-21(17-11-13-19(25)14-12-17)26-24-27-23(28-30(22)24)29-33(31,32)20-5-3-2-4-6-20/h2-14,22H,15H2,1H3,(H,28,29). The predicted molar refractivity (Wildman–Crippen MR) is 129 cm³/mol. The molecule has 1 aliphatic rings. The molecule has 1 unspecified atom stereocenters. The second kappa shape index (κ2) is 8.46. The zero-order valence-corrected chi connectivity index (χ0v) is 19.3. The van der Waals surface area contributed by atoms with Gasteiger partial charge in [-0.3, -0.25) is 0 Å². The van der Waals surface area contributed by atoms with Crippen LogP contribution in [0.2, 0.25) is 5.02 Å². The molecule has 4 aromatic rings. The van der Waals surface area contributed by atoms with Crippen molar-refractivity contribution in [2.75, 3.05) is 4.72 Å². The molecule has 2 heterocycles. The van der Waals surface area contributed by atoms with Crippen molar-refractivity contribution in [1.29, 1.82) is 0 Å². The van der Waals surface area contributed by atoms with Gasteiger partial charge in [-0.25, -0.2) is 22.8 Å². The number of fused-ring (bicyclic) bond motifs is 1. The molecule has 1 aliphatic heterocycles. The molecule has 7 nitrogen and oxygen atoms in total. The van der Waals surface area contributed by atoms with E-state index in [9.17, 15) is 8.42 Å². The number of anilines is 1. The number of nitrogens with one attached hydrogen (secondary N) is 1. The summed E-state index contributed by atoms with van der Waals surface area (Å²) >= 11 is 6.05. The lowest BCUT2D eigenvalue weighted by Gasteiger charge is -2.24. The van der Waals surface area contributed by atoms with Crippen molar-refractivity contribution >= 4 is 39.2 Å². The molecular formula is C24H20ClN5O2S. The first-order chi connectivity index (χ1) is 15.9. The van der Waals surface area contributed by atoms with Crippen molar-refractivity contribution in [1.82, 2.24) is 14.8 Å². The van der Waals surface area contributed by atoms with Crippen LogP contribution in [0.1, 0.15) is 29.2 Å². The molecule has 5 rings (SSSR count). The van der Waals surface area contributed by atoms with Gasteiger partial charge in [-0.15, -0.1) is 5.10 Å². The number of rotatable bonds is 5. The Balaban J connectivity index is 1.56. The zero-order chi connectivity index (χ0) is 23.0. The van der Waals surface area contributed by atoms with E-state index < -0.39 is 10.0 Å². The van der Waals surface area contributed by atoms with E-state index in [4.69, 9.17) is 16.6 Å². The van der Waals surface area contributed by atoms with Gasteiger partial charge in [0.2, 0.25) is 0 Å². The largest absolute Gasteiger partial charge is 0.264 e. The van der Waals surface area contributed by atoms with Crippen molar-refractivity contribution in [3.8, 4) is 0 Å². The van der Waals surface area contributed by atoms with E-state index in [0.29, 0.717) is 17.4 Å². The number of hydrogen-bond donors (Lipinski definition) is 1. The fraction of sp³-hybridized carbons (Fsp3) is 0.125. The van der Waals surface area contributed by atoms with E-state index in [1.54, 1.807) is 22.9 Å². The number of benzene rings is 3. The maximum absolute atomic E-state index is 12.8. The monoisotopic (exact) mass is 477 g/mol. The highest BCUT2D eigenvalue weighted by Crippen LogP contribution is 2.34. The molecule has 9 heteroatoms. The summed E-state index contributed by atoms with van der Waals surface area (Å²) in [5.74, 6) is 0.314. The maximum Gasteiger partial charge on any atom is 0.264 e. The van der Waals surface area contributed by atoms with Crippen molar-refractivity contribution in [2.24, 2.45) is 4.99 Å². The van der Waals surface area contributed by atoms with E-state index in [1.165, 1.54) is 12.1 Å². The van der Waals surface area contributed by atoms with Gasteiger partial charge in [0.25, 0.3) is 21.9 Å². The number of halogens is 1. The SMILES string of the molecule is Cc1ccc(C2CC(c3ccc(Cl)cc3)=Nc3nc(NS(=O)(=O)c4ccccc4)nn32)cc1. The molecule has 0 amide bonds. The smallest absolute Gasteiger partial charge is 0.246 e. The van der Waals surface area contributed by atoms with Gasteiger partial charge in [0.15, 0.2) is 0 Å². The number of aliphatic imine (C=N–C) groups is 1. The Morgan fingerprint density at radius 3 is 2.36 bits per heavy atom. The maximum atomic E-state index is 12.8. The summed E-state index contributed by atoms with van der Waals surface area (Å²) in [6, 6.07) is 23.6. The molecule has 1 N–H and O–H groups in total. The summed E-state index contributed by atoms with van der Waals surface area (Å²) in [5.41, 5.74) is 3.94. The molecule has 0 aliphatic carbocycles. The van der Waals surface area contributed by atoms with Crippen LogP contribution in [0.15, 0.2) is 88.8 Å². The molecule has 166 valence electrons. The first-order valence-corrected chi connectivity index (χ1v) is 12.2. The highest BCUT2D eigenvalue weighted by atomic mass is 35.5. The van der Waals surface area contributed by atoms with Crippen molar-refractivity contribution in [2.45, 2.75) is 24.3 Å². The molecule has 1 atom stereocenters. The van der Waals surface area contributed by atoms with E-state index >= 15 is 0 Å². The normalized spacial score (nSPS) is 15.6. The Labute approximate surface area is 196 Å². The number of sulfonamides is 1. The van der Waals surface area contributed by atoms with Crippen molar-refractivity contribution in [3.05, 3.63) is 101 Å². The summed E-state index contributed by atoms with van der Waals surface area (Å²) in [6.45, 7) is 2.03. The van der Waals surface area contributed by atoms with Crippen molar-refractivity contribution < 1.29 is 8.42 Å². The number of hydrogen-bond acceptors (Lipinski definition) is 5. The third-order valence-electron chi connectivity index (χ3n) is 5.45. The minimum absolute atomic E-state index is 0.0212. The quantitative estimate of drug-likeness (QED) is 0.430. The number of aromatic nitrogens is 3.